The summed E-state index contributed by atoms with van der Waals surface area (Å²) in [5.74, 6) is 0.361. The van der Waals surface area contributed by atoms with Crippen molar-refractivity contribution in [2.45, 2.75) is 49.7 Å². The summed E-state index contributed by atoms with van der Waals surface area (Å²) in [4.78, 5) is 23.8. The highest BCUT2D eigenvalue weighted by atomic mass is 19.1. The van der Waals surface area contributed by atoms with E-state index in [0.717, 1.165) is 43.4 Å². The number of benzene rings is 1. The minimum absolute atomic E-state index is 0.0567. The lowest BCUT2D eigenvalue weighted by Crippen LogP contribution is -2.56. The van der Waals surface area contributed by atoms with Crippen LogP contribution in [0.25, 0.3) is 10.8 Å². The third-order valence-electron chi connectivity index (χ3n) is 8.33. The van der Waals surface area contributed by atoms with Gasteiger partial charge in [-0.25, -0.2) is 9.37 Å². The molecule has 1 saturated carbocycles. The topological polar surface area (TPSA) is 87.6 Å². The molecule has 4 atom stereocenters. The fourth-order valence-electron chi connectivity index (χ4n) is 5.85. The Balaban J connectivity index is 1.15. The quantitative estimate of drug-likeness (QED) is 0.565. The highest BCUT2D eigenvalue weighted by Gasteiger charge is 2.46. The lowest BCUT2D eigenvalue weighted by molar-refractivity contribution is -0.117. The van der Waals surface area contributed by atoms with Crippen LogP contribution in [0.1, 0.15) is 49.3 Å². The molecule has 0 bridgehead atoms. The highest BCUT2D eigenvalue weighted by molar-refractivity contribution is 5.96. The molecule has 2 N–H and O–H groups in total. The van der Waals surface area contributed by atoms with Crippen molar-refractivity contribution < 1.29 is 19.0 Å². The number of ether oxygens (including phenoxy) is 1. The molecule has 2 saturated heterocycles. The maximum Gasteiger partial charge on any atom is 0.229 e. The number of piperidine rings is 1. The van der Waals surface area contributed by atoms with Gasteiger partial charge in [0.15, 0.2) is 0 Å². The number of nitrogens with zero attached hydrogens (tertiary/aromatic N) is 3. The number of nitrogens with one attached hydrogen (secondary N) is 1. The van der Waals surface area contributed by atoms with Crippen LogP contribution in [-0.2, 0) is 9.53 Å². The van der Waals surface area contributed by atoms with Gasteiger partial charge in [-0.3, -0.25) is 14.7 Å². The second-order valence-corrected chi connectivity index (χ2v) is 10.6. The Kier molecular flexibility index (Phi) is 5.98. The minimum Gasteiger partial charge on any atom is -0.389 e. The highest BCUT2D eigenvalue weighted by Crippen LogP contribution is 2.47. The first-order chi connectivity index (χ1) is 17.4. The average molecular weight is 491 g/mol. The molecular formula is C28H31FN4O3. The molecule has 8 heteroatoms. The minimum atomic E-state index is -0.498. The first-order valence-corrected chi connectivity index (χ1v) is 12.7. The van der Waals surface area contributed by atoms with Crippen molar-refractivity contribution in [2.24, 2.45) is 5.92 Å². The first kappa shape index (κ1) is 23.5. The molecular weight excluding hydrogens is 459 g/mol. The fourth-order valence-corrected chi connectivity index (χ4v) is 5.85. The third-order valence-corrected chi connectivity index (χ3v) is 8.33. The van der Waals surface area contributed by atoms with Gasteiger partial charge in [0, 0.05) is 35.3 Å². The number of hydrogen-bond donors (Lipinski definition) is 2. The Bertz CT molecular complexity index is 1280. The summed E-state index contributed by atoms with van der Waals surface area (Å²) in [5, 5.41) is 14.9. The van der Waals surface area contributed by atoms with Crippen molar-refractivity contribution in [1.82, 2.24) is 14.9 Å². The summed E-state index contributed by atoms with van der Waals surface area (Å²) >= 11 is 0. The van der Waals surface area contributed by atoms with Crippen LogP contribution in [0, 0.1) is 11.7 Å². The van der Waals surface area contributed by atoms with Crippen LogP contribution in [-0.4, -0.2) is 63.8 Å². The summed E-state index contributed by atoms with van der Waals surface area (Å²) in [7, 11) is 0. The molecule has 0 spiro atoms. The van der Waals surface area contributed by atoms with Gasteiger partial charge >= 0.3 is 0 Å². The molecule has 36 heavy (non-hydrogen) atoms. The Hall–Kier alpha value is -2.94. The Labute approximate surface area is 209 Å². The van der Waals surface area contributed by atoms with Gasteiger partial charge in [0.2, 0.25) is 5.91 Å². The van der Waals surface area contributed by atoms with Crippen LogP contribution in [0.2, 0.25) is 0 Å². The van der Waals surface area contributed by atoms with Gasteiger partial charge in [-0.1, -0.05) is 6.07 Å². The summed E-state index contributed by atoms with van der Waals surface area (Å²) in [6.07, 6.45) is 5.29. The van der Waals surface area contributed by atoms with Crippen LogP contribution in [0.5, 0.6) is 0 Å². The maximum atomic E-state index is 15.1. The van der Waals surface area contributed by atoms with E-state index >= 15 is 4.39 Å². The van der Waals surface area contributed by atoms with Crippen LogP contribution >= 0.6 is 0 Å². The van der Waals surface area contributed by atoms with Gasteiger partial charge < -0.3 is 15.2 Å². The lowest BCUT2D eigenvalue weighted by atomic mass is 9.85. The van der Waals surface area contributed by atoms with Crippen molar-refractivity contribution in [3.63, 3.8) is 0 Å². The number of carbonyl (C=O) groups is 1. The number of fused-ring (bicyclic) bond motifs is 1. The molecule has 1 aliphatic carbocycles. The standard InChI is InChI=1S/C28H31FN4O3/c1-28(16-36-15-25(28)34)33-8-5-17(6-9-33)20-10-18-12-26(31-14-19(18)11-23(20)29)32-27(35)22-13-21(22)24-4-2-3-7-30-24/h2-4,7,10-12,14,17,21-22,25,34H,5-6,8-9,13,15-16H2,1H3,(H,31,32,35)/t21?,22?,25-,28+/m0/s1. The van der Waals surface area contributed by atoms with E-state index in [4.69, 9.17) is 4.74 Å². The van der Waals surface area contributed by atoms with Crippen molar-refractivity contribution in [3.8, 4) is 0 Å². The van der Waals surface area contributed by atoms with Gasteiger partial charge in [-0.2, -0.15) is 0 Å². The molecule has 3 fully saturated rings. The maximum absolute atomic E-state index is 15.1. The number of hydrogen-bond acceptors (Lipinski definition) is 6. The zero-order valence-corrected chi connectivity index (χ0v) is 20.4. The SMILES string of the molecule is C[C@@]1(N2CCC(c3cc4cc(NC(=O)C5CC5c5ccccn5)ncc4cc3F)CC2)COC[C@@H]1O. The van der Waals surface area contributed by atoms with E-state index in [0.29, 0.717) is 30.0 Å². The number of pyridine rings is 2. The average Bonchev–Trinajstić information content (AvgIpc) is 3.63. The number of likely N-dealkylation sites (tertiary alicyclic amines) is 1. The number of aromatic nitrogens is 2. The molecule has 1 aromatic carbocycles. The number of anilines is 1. The zero-order valence-electron chi connectivity index (χ0n) is 20.4. The molecule has 2 aromatic heterocycles. The second-order valence-electron chi connectivity index (χ2n) is 10.6. The van der Waals surface area contributed by atoms with E-state index in [2.05, 4.69) is 20.2 Å². The predicted molar refractivity (Wildman–Crippen MR) is 134 cm³/mol. The Morgan fingerprint density at radius 3 is 2.75 bits per heavy atom. The van der Waals surface area contributed by atoms with E-state index in [1.807, 2.05) is 37.3 Å². The van der Waals surface area contributed by atoms with Crippen molar-refractivity contribution >= 4 is 22.5 Å². The predicted octanol–water partition coefficient (Wildman–Crippen LogP) is 3.84. The van der Waals surface area contributed by atoms with Gasteiger partial charge in [0.1, 0.15) is 11.6 Å². The molecule has 2 unspecified atom stereocenters. The summed E-state index contributed by atoms with van der Waals surface area (Å²) in [5.41, 5.74) is 1.28. The summed E-state index contributed by atoms with van der Waals surface area (Å²) < 4.78 is 20.6. The van der Waals surface area contributed by atoms with E-state index in [1.54, 1.807) is 18.5 Å². The third kappa shape index (κ3) is 4.27. The van der Waals surface area contributed by atoms with Gasteiger partial charge in [-0.05, 0) is 86.5 Å². The number of carbonyl (C=O) groups excluding carboxylic acids is 1. The molecule has 3 aromatic rings. The number of aliphatic hydroxyl groups is 1. The fraction of sp³-hybridized carbons (Fsp3) is 0.464. The molecule has 4 heterocycles. The molecule has 6 rings (SSSR count). The van der Waals surface area contributed by atoms with E-state index < -0.39 is 6.10 Å². The van der Waals surface area contributed by atoms with E-state index in [9.17, 15) is 9.90 Å². The van der Waals surface area contributed by atoms with Crippen molar-refractivity contribution in [1.29, 1.82) is 0 Å². The molecule has 188 valence electrons. The van der Waals surface area contributed by atoms with Crippen LogP contribution in [0.15, 0.2) is 48.8 Å². The molecule has 2 aliphatic heterocycles. The molecule has 1 amide bonds. The lowest BCUT2D eigenvalue weighted by Gasteiger charge is -2.43. The summed E-state index contributed by atoms with van der Waals surface area (Å²) in [6.45, 7) is 4.51. The number of rotatable bonds is 5. The van der Waals surface area contributed by atoms with Gasteiger partial charge in [0.05, 0.1) is 24.9 Å². The van der Waals surface area contributed by atoms with Crippen LogP contribution in [0.3, 0.4) is 0 Å². The molecule has 3 aliphatic rings. The number of aliphatic hydroxyl groups excluding tert-OH is 1. The van der Waals surface area contributed by atoms with E-state index in [1.165, 1.54) is 0 Å². The largest absolute Gasteiger partial charge is 0.389 e. The molecule has 0 radical (unpaired) electrons. The first-order valence-electron chi connectivity index (χ1n) is 12.7. The monoisotopic (exact) mass is 490 g/mol. The number of amides is 1. The zero-order chi connectivity index (χ0) is 24.9. The smallest absolute Gasteiger partial charge is 0.229 e. The number of halogens is 1. The van der Waals surface area contributed by atoms with E-state index in [-0.39, 0.29) is 35.0 Å². The van der Waals surface area contributed by atoms with Crippen LogP contribution in [0.4, 0.5) is 10.2 Å². The van der Waals surface area contributed by atoms with Crippen LogP contribution < -0.4 is 5.32 Å². The van der Waals surface area contributed by atoms with Crippen molar-refractivity contribution in [2.75, 3.05) is 31.6 Å². The van der Waals surface area contributed by atoms with Gasteiger partial charge in [-0.15, -0.1) is 0 Å². The molecule has 7 nitrogen and oxygen atoms in total. The normalized spacial score (nSPS) is 28.9. The Morgan fingerprint density at radius 2 is 2.03 bits per heavy atom. The van der Waals surface area contributed by atoms with Crippen molar-refractivity contribution in [3.05, 3.63) is 65.9 Å². The Morgan fingerprint density at radius 1 is 1.19 bits per heavy atom. The van der Waals surface area contributed by atoms with Gasteiger partial charge in [0.25, 0.3) is 0 Å². The second kappa shape index (κ2) is 9.18. The summed E-state index contributed by atoms with van der Waals surface area (Å²) in [6, 6.07) is 11.0.